The summed E-state index contributed by atoms with van der Waals surface area (Å²) in [6.45, 7) is 2.43. The van der Waals surface area contributed by atoms with Gasteiger partial charge in [-0.3, -0.25) is 29.1 Å². The molecule has 10 atom stereocenters. The first-order valence-electron chi connectivity index (χ1n) is 14.4. The summed E-state index contributed by atoms with van der Waals surface area (Å²) in [5, 5.41) is 33.5. The Kier molecular flexibility index (Phi) is 10.2. The molecule has 5 aliphatic heterocycles. The first kappa shape index (κ1) is 31.7. The van der Waals surface area contributed by atoms with Crippen LogP contribution in [-0.4, -0.2) is 149 Å². The van der Waals surface area contributed by atoms with Crippen LogP contribution >= 0.6 is 12.2 Å². The van der Waals surface area contributed by atoms with E-state index in [2.05, 4.69) is 5.32 Å². The molecule has 0 radical (unpaired) electrons. The number of benzene rings is 1. The van der Waals surface area contributed by atoms with E-state index in [1.165, 1.54) is 0 Å². The molecule has 15 heteroatoms. The fraction of sp³-hybridized carbons (Fsp3) is 0.643. The van der Waals surface area contributed by atoms with Crippen molar-refractivity contribution in [1.82, 2.24) is 20.0 Å². The van der Waals surface area contributed by atoms with Gasteiger partial charge in [-0.2, -0.15) is 0 Å². The standard InChI is InChI=1S/C28H38N4O10S/c1-16-24(36)25(37)20(39-27(16)38)11-29-26(43)18-4-2-17(3-5-18)10-19-12-31-7-6-30-8-9-32(19)15-23(35)42-28(40-21(33)13-30)41-22(34)14-31/h2-5,16,19-20,24-25,27-28,36-38H,6-15H2,1H3,(H,29,43)/t16-,19?,20-,24-,25-,27?,28?/m1/s1. The minimum Gasteiger partial charge on any atom is -0.390 e. The SMILES string of the molecule is C[C@H]1C(O)O[C@H](CNC(=S)c2ccc(CC3CN4CCN5CCN3CC(=O)OC(OC(=O)C5)OC(=O)C4)cc2)[C@@H](O)[C@@H]1O. The second-order valence-corrected chi connectivity index (χ2v) is 11.8. The maximum Gasteiger partial charge on any atom is 0.412 e. The third-order valence-electron chi connectivity index (χ3n) is 8.33. The van der Waals surface area contributed by atoms with Crippen molar-refractivity contribution in [3.63, 3.8) is 0 Å². The lowest BCUT2D eigenvalue weighted by atomic mass is 9.92. The monoisotopic (exact) mass is 622 g/mol. The molecule has 5 saturated heterocycles. The van der Waals surface area contributed by atoms with Crippen LogP contribution < -0.4 is 5.32 Å². The predicted octanol–water partition coefficient (Wildman–Crippen LogP) is -2.20. The molecule has 1 aromatic rings. The molecule has 5 heterocycles. The molecule has 1 aromatic carbocycles. The van der Waals surface area contributed by atoms with Crippen molar-refractivity contribution in [1.29, 1.82) is 0 Å². The summed E-state index contributed by atoms with van der Waals surface area (Å²) in [7, 11) is 0. The molecule has 0 aliphatic carbocycles. The Labute approximate surface area is 254 Å². The van der Waals surface area contributed by atoms with E-state index < -0.39 is 54.9 Å². The molecule has 4 bridgehead atoms. The molecule has 14 nitrogen and oxygen atoms in total. The Balaban J connectivity index is 1.28. The number of hydrogen-bond acceptors (Lipinski definition) is 14. The topological polar surface area (TPSA) is 171 Å². The average Bonchev–Trinajstić information content (AvgIpc) is 2.98. The molecule has 0 aromatic heterocycles. The second kappa shape index (κ2) is 13.9. The highest BCUT2D eigenvalue weighted by Crippen LogP contribution is 2.24. The Hall–Kier alpha value is -2.76. The second-order valence-electron chi connectivity index (χ2n) is 11.4. The third kappa shape index (κ3) is 8.05. The van der Waals surface area contributed by atoms with Crippen LogP contribution in [-0.2, 0) is 39.8 Å². The van der Waals surface area contributed by atoms with Crippen molar-refractivity contribution >= 4 is 35.1 Å². The zero-order chi connectivity index (χ0) is 30.7. The highest BCUT2D eigenvalue weighted by atomic mass is 32.1. The molecule has 0 saturated carbocycles. The molecule has 5 aliphatic rings. The van der Waals surface area contributed by atoms with Gasteiger partial charge in [-0.25, -0.2) is 0 Å². The molecule has 5 fully saturated rings. The predicted molar refractivity (Wildman–Crippen MR) is 152 cm³/mol. The van der Waals surface area contributed by atoms with Crippen LogP contribution in [0.15, 0.2) is 24.3 Å². The van der Waals surface area contributed by atoms with Gasteiger partial charge in [-0.1, -0.05) is 43.4 Å². The summed E-state index contributed by atoms with van der Waals surface area (Å²) < 4.78 is 21.0. The maximum absolute atomic E-state index is 12.8. The fourth-order valence-corrected chi connectivity index (χ4v) is 5.92. The molecule has 6 unspecified atom stereocenters. The van der Waals surface area contributed by atoms with Crippen molar-refractivity contribution in [2.45, 2.75) is 50.5 Å². The largest absolute Gasteiger partial charge is 0.412 e. The summed E-state index contributed by atoms with van der Waals surface area (Å²) in [5.74, 6) is -2.56. The van der Waals surface area contributed by atoms with Crippen LogP contribution in [0.4, 0.5) is 0 Å². The third-order valence-corrected chi connectivity index (χ3v) is 8.71. The van der Waals surface area contributed by atoms with Crippen molar-refractivity contribution in [3.8, 4) is 0 Å². The summed E-state index contributed by atoms with van der Waals surface area (Å²) in [6.07, 6.45) is -3.75. The molecule has 0 spiro atoms. The zero-order valence-electron chi connectivity index (χ0n) is 23.9. The van der Waals surface area contributed by atoms with E-state index in [4.69, 9.17) is 31.2 Å². The van der Waals surface area contributed by atoms with Crippen LogP contribution in [0.2, 0.25) is 0 Å². The number of rotatable bonds is 5. The minimum atomic E-state index is -1.72. The van der Waals surface area contributed by atoms with Gasteiger partial charge in [0.05, 0.1) is 25.7 Å². The highest BCUT2D eigenvalue weighted by Gasteiger charge is 2.41. The van der Waals surface area contributed by atoms with E-state index in [0.717, 1.165) is 11.1 Å². The Morgan fingerprint density at radius 1 is 0.884 bits per heavy atom. The van der Waals surface area contributed by atoms with Crippen LogP contribution in [0, 0.1) is 5.92 Å². The first-order chi connectivity index (χ1) is 20.5. The molecule has 0 amide bonds. The van der Waals surface area contributed by atoms with Crippen molar-refractivity contribution in [3.05, 3.63) is 35.4 Å². The van der Waals surface area contributed by atoms with E-state index in [1.807, 2.05) is 39.0 Å². The lowest BCUT2D eigenvalue weighted by Crippen LogP contribution is -2.56. The summed E-state index contributed by atoms with van der Waals surface area (Å²) in [4.78, 5) is 44.2. The average molecular weight is 623 g/mol. The number of nitrogens with zero attached hydrogens (tertiary/aromatic N) is 3. The van der Waals surface area contributed by atoms with Gasteiger partial charge < -0.3 is 39.6 Å². The van der Waals surface area contributed by atoms with Gasteiger partial charge in [0.1, 0.15) is 17.2 Å². The number of esters is 3. The lowest BCUT2D eigenvalue weighted by molar-refractivity contribution is -0.258. The lowest BCUT2D eigenvalue weighted by Gasteiger charge is -2.39. The minimum absolute atomic E-state index is 0.0144. The quantitative estimate of drug-likeness (QED) is 0.206. The molecule has 236 valence electrons. The zero-order valence-corrected chi connectivity index (χ0v) is 24.7. The number of fused-ring (bicyclic) bond motifs is 9. The van der Waals surface area contributed by atoms with Crippen LogP contribution in [0.5, 0.6) is 0 Å². The van der Waals surface area contributed by atoms with Crippen LogP contribution in [0.1, 0.15) is 18.1 Å². The first-order valence-corrected chi connectivity index (χ1v) is 14.8. The number of aliphatic hydroxyl groups is 3. The number of nitrogens with one attached hydrogen (secondary N) is 1. The molecule has 6 rings (SSSR count). The highest BCUT2D eigenvalue weighted by molar-refractivity contribution is 7.80. The summed E-state index contributed by atoms with van der Waals surface area (Å²) in [6, 6.07) is 7.45. The van der Waals surface area contributed by atoms with Gasteiger partial charge in [0.25, 0.3) is 0 Å². The van der Waals surface area contributed by atoms with E-state index in [0.29, 0.717) is 44.1 Å². The van der Waals surface area contributed by atoms with E-state index in [1.54, 1.807) is 6.92 Å². The molecular formula is C28H38N4O10S. The van der Waals surface area contributed by atoms with Gasteiger partial charge >= 0.3 is 24.4 Å². The molecule has 4 N–H and O–H groups in total. The van der Waals surface area contributed by atoms with E-state index in [9.17, 15) is 29.7 Å². The molecule has 43 heavy (non-hydrogen) atoms. The number of carbonyl (C=O) groups is 3. The fourth-order valence-electron chi connectivity index (χ4n) is 5.70. The van der Waals surface area contributed by atoms with E-state index >= 15 is 0 Å². The maximum atomic E-state index is 12.8. The van der Waals surface area contributed by atoms with Crippen molar-refractivity contribution in [2.75, 3.05) is 58.9 Å². The van der Waals surface area contributed by atoms with Gasteiger partial charge in [0.2, 0.25) is 0 Å². The number of ether oxygens (including phenoxy) is 4. The Morgan fingerprint density at radius 3 is 2.19 bits per heavy atom. The van der Waals surface area contributed by atoms with Gasteiger partial charge in [0.15, 0.2) is 6.29 Å². The normalized spacial score (nSPS) is 37.0. The van der Waals surface area contributed by atoms with Gasteiger partial charge in [-0.15, -0.1) is 0 Å². The number of hydrogen-bond donors (Lipinski definition) is 4. The smallest absolute Gasteiger partial charge is 0.390 e. The summed E-state index contributed by atoms with van der Waals surface area (Å²) >= 11 is 5.53. The van der Waals surface area contributed by atoms with Crippen LogP contribution in [0.25, 0.3) is 0 Å². The van der Waals surface area contributed by atoms with Crippen molar-refractivity contribution in [2.24, 2.45) is 5.92 Å². The number of thiocarbonyl (C=S) groups is 1. The molecular weight excluding hydrogens is 584 g/mol. The van der Waals surface area contributed by atoms with Crippen molar-refractivity contribution < 1.29 is 48.7 Å². The number of aliphatic hydroxyl groups excluding tert-OH is 3. The Morgan fingerprint density at radius 2 is 1.49 bits per heavy atom. The van der Waals surface area contributed by atoms with E-state index in [-0.39, 0.29) is 32.2 Å². The summed E-state index contributed by atoms with van der Waals surface area (Å²) in [5.41, 5.74) is 1.71. The number of carbonyl (C=O) groups excluding carboxylic acids is 3. The van der Waals surface area contributed by atoms with Crippen LogP contribution in [0.3, 0.4) is 0 Å². The van der Waals surface area contributed by atoms with Gasteiger partial charge in [0, 0.05) is 56.8 Å². The van der Waals surface area contributed by atoms with Gasteiger partial charge in [-0.05, 0) is 12.0 Å². The Bertz CT molecular complexity index is 1190.